The van der Waals surface area contributed by atoms with Gasteiger partial charge in [-0.05, 0) is 18.2 Å². The number of rotatable bonds is 6. The Kier molecular flexibility index (Phi) is 5.29. The van der Waals surface area contributed by atoms with Gasteiger partial charge in [-0.15, -0.1) is 0 Å². The van der Waals surface area contributed by atoms with Crippen LogP contribution in [0.25, 0.3) is 0 Å². The molecule has 0 aliphatic carbocycles. The average molecular weight is 317 g/mol. The van der Waals surface area contributed by atoms with E-state index in [9.17, 15) is 9.59 Å². The maximum atomic E-state index is 11.3. The van der Waals surface area contributed by atoms with Crippen LogP contribution >= 0.6 is 0 Å². The molecule has 0 aliphatic rings. The SMILES string of the molecule is COC(=O)c1ccn(COc2ccccc2C=NNC(N)=O)n1. The summed E-state index contributed by atoms with van der Waals surface area (Å²) in [6.45, 7) is 0.0884. The summed E-state index contributed by atoms with van der Waals surface area (Å²) in [5.74, 6) is 0.00597. The van der Waals surface area contributed by atoms with Gasteiger partial charge in [0.15, 0.2) is 12.4 Å². The molecule has 0 spiro atoms. The molecule has 9 heteroatoms. The van der Waals surface area contributed by atoms with E-state index in [1.54, 1.807) is 30.5 Å². The van der Waals surface area contributed by atoms with Crippen LogP contribution < -0.4 is 15.9 Å². The summed E-state index contributed by atoms with van der Waals surface area (Å²) in [5, 5.41) is 7.70. The van der Waals surface area contributed by atoms with Crippen molar-refractivity contribution in [3.8, 4) is 5.75 Å². The highest BCUT2D eigenvalue weighted by atomic mass is 16.5. The zero-order chi connectivity index (χ0) is 16.7. The number of urea groups is 1. The van der Waals surface area contributed by atoms with Crippen molar-refractivity contribution in [2.24, 2.45) is 10.8 Å². The van der Waals surface area contributed by atoms with Crippen molar-refractivity contribution in [2.45, 2.75) is 6.73 Å². The second-order valence-corrected chi connectivity index (χ2v) is 4.28. The second kappa shape index (κ2) is 7.59. The molecule has 1 aromatic heterocycles. The van der Waals surface area contributed by atoms with Gasteiger partial charge >= 0.3 is 12.0 Å². The molecule has 1 aromatic carbocycles. The number of carbonyl (C=O) groups excluding carboxylic acids is 2. The molecule has 23 heavy (non-hydrogen) atoms. The van der Waals surface area contributed by atoms with Gasteiger partial charge in [-0.25, -0.2) is 19.7 Å². The number of amides is 2. The van der Waals surface area contributed by atoms with Crippen LogP contribution in [0.1, 0.15) is 16.1 Å². The van der Waals surface area contributed by atoms with Crippen LogP contribution in [0, 0.1) is 0 Å². The minimum Gasteiger partial charge on any atom is -0.471 e. The summed E-state index contributed by atoms with van der Waals surface area (Å²) < 4.78 is 11.6. The molecule has 0 saturated heterocycles. The van der Waals surface area contributed by atoms with E-state index < -0.39 is 12.0 Å². The number of nitrogens with one attached hydrogen (secondary N) is 1. The van der Waals surface area contributed by atoms with E-state index in [0.717, 1.165) is 0 Å². The first kappa shape index (κ1) is 16.0. The number of nitrogens with two attached hydrogens (primary N) is 1. The van der Waals surface area contributed by atoms with Gasteiger partial charge in [0.2, 0.25) is 0 Å². The van der Waals surface area contributed by atoms with Gasteiger partial charge in [-0.1, -0.05) is 12.1 Å². The van der Waals surface area contributed by atoms with Crippen molar-refractivity contribution in [3.63, 3.8) is 0 Å². The lowest BCUT2D eigenvalue weighted by Crippen LogP contribution is -2.24. The van der Waals surface area contributed by atoms with Gasteiger partial charge in [0.25, 0.3) is 0 Å². The van der Waals surface area contributed by atoms with Crippen molar-refractivity contribution in [2.75, 3.05) is 7.11 Å². The molecular formula is C14H15N5O4. The summed E-state index contributed by atoms with van der Waals surface area (Å²) in [5.41, 5.74) is 7.86. The Morgan fingerprint density at radius 2 is 2.17 bits per heavy atom. The molecule has 120 valence electrons. The Morgan fingerprint density at radius 3 is 2.91 bits per heavy atom. The highest BCUT2D eigenvalue weighted by molar-refractivity contribution is 5.87. The van der Waals surface area contributed by atoms with Crippen LogP contribution in [0.2, 0.25) is 0 Å². The van der Waals surface area contributed by atoms with Crippen LogP contribution in [0.15, 0.2) is 41.6 Å². The first-order valence-electron chi connectivity index (χ1n) is 6.52. The molecule has 0 unspecified atom stereocenters. The standard InChI is InChI=1S/C14H15N5O4/c1-22-13(20)11-6-7-19(18-11)9-23-12-5-3-2-4-10(12)8-16-17-14(15)21/h2-8H,9H2,1H3,(H3,15,17,21). The average Bonchev–Trinajstić information content (AvgIpc) is 3.02. The monoisotopic (exact) mass is 317 g/mol. The van der Waals surface area contributed by atoms with Crippen LogP contribution in [0.3, 0.4) is 0 Å². The Bertz CT molecular complexity index is 725. The summed E-state index contributed by atoms with van der Waals surface area (Å²) >= 11 is 0. The lowest BCUT2D eigenvalue weighted by atomic mass is 10.2. The van der Waals surface area contributed by atoms with Gasteiger partial charge < -0.3 is 15.2 Å². The lowest BCUT2D eigenvalue weighted by Gasteiger charge is -2.08. The van der Waals surface area contributed by atoms with Crippen LogP contribution in [-0.2, 0) is 11.5 Å². The molecule has 0 radical (unpaired) electrons. The number of esters is 1. The number of para-hydroxylation sites is 1. The van der Waals surface area contributed by atoms with Crippen molar-refractivity contribution >= 4 is 18.2 Å². The van der Waals surface area contributed by atoms with Crippen molar-refractivity contribution < 1.29 is 19.1 Å². The zero-order valence-corrected chi connectivity index (χ0v) is 12.3. The molecular weight excluding hydrogens is 302 g/mol. The summed E-state index contributed by atoms with van der Waals surface area (Å²) in [7, 11) is 1.29. The lowest BCUT2D eigenvalue weighted by molar-refractivity contribution is 0.0592. The Balaban J connectivity index is 2.03. The molecule has 3 N–H and O–H groups in total. The summed E-state index contributed by atoms with van der Waals surface area (Å²) in [4.78, 5) is 21.9. The van der Waals surface area contributed by atoms with Crippen LogP contribution in [0.4, 0.5) is 4.79 Å². The van der Waals surface area contributed by atoms with Gasteiger partial charge in [-0.2, -0.15) is 10.2 Å². The Morgan fingerprint density at radius 1 is 1.39 bits per heavy atom. The molecule has 9 nitrogen and oxygen atoms in total. The van der Waals surface area contributed by atoms with Gasteiger partial charge in [0.1, 0.15) is 5.75 Å². The van der Waals surface area contributed by atoms with Gasteiger partial charge in [-0.3, -0.25) is 0 Å². The maximum absolute atomic E-state index is 11.3. The molecule has 0 fully saturated rings. The maximum Gasteiger partial charge on any atom is 0.358 e. The predicted molar refractivity (Wildman–Crippen MR) is 80.9 cm³/mol. The van der Waals surface area contributed by atoms with E-state index in [0.29, 0.717) is 11.3 Å². The van der Waals surface area contributed by atoms with Crippen molar-refractivity contribution in [1.29, 1.82) is 0 Å². The normalized spacial score (nSPS) is 10.5. The largest absolute Gasteiger partial charge is 0.471 e. The molecule has 2 amide bonds. The fraction of sp³-hybridized carbons (Fsp3) is 0.143. The molecule has 0 saturated carbocycles. The van der Waals surface area contributed by atoms with Crippen LogP contribution in [0.5, 0.6) is 5.75 Å². The molecule has 1 heterocycles. The van der Waals surface area contributed by atoms with Gasteiger partial charge in [0, 0.05) is 11.8 Å². The van der Waals surface area contributed by atoms with E-state index in [1.165, 1.54) is 24.1 Å². The van der Waals surface area contributed by atoms with Crippen molar-refractivity contribution in [1.82, 2.24) is 15.2 Å². The number of carbonyl (C=O) groups is 2. The molecule has 0 aliphatic heterocycles. The number of hydrazone groups is 1. The minimum atomic E-state index is -0.758. The highest BCUT2D eigenvalue weighted by Crippen LogP contribution is 2.16. The molecule has 2 aromatic rings. The third kappa shape index (κ3) is 4.56. The molecule has 0 bridgehead atoms. The predicted octanol–water partition coefficient (Wildman–Crippen LogP) is 0.708. The fourth-order valence-corrected chi connectivity index (χ4v) is 1.67. The van der Waals surface area contributed by atoms with E-state index in [-0.39, 0.29) is 12.4 Å². The molecule has 2 rings (SSSR count). The second-order valence-electron chi connectivity index (χ2n) is 4.28. The first-order chi connectivity index (χ1) is 11.1. The number of hydrogen-bond donors (Lipinski definition) is 2. The summed E-state index contributed by atoms with van der Waals surface area (Å²) in [6.07, 6.45) is 3.00. The number of benzene rings is 1. The minimum absolute atomic E-state index is 0.0884. The van der Waals surface area contributed by atoms with Gasteiger partial charge in [0.05, 0.1) is 13.3 Å². The number of aromatic nitrogens is 2. The smallest absolute Gasteiger partial charge is 0.358 e. The number of methoxy groups -OCH3 is 1. The van der Waals surface area contributed by atoms with Crippen LogP contribution in [-0.4, -0.2) is 35.1 Å². The molecule has 0 atom stereocenters. The number of ether oxygens (including phenoxy) is 2. The zero-order valence-electron chi connectivity index (χ0n) is 12.3. The first-order valence-corrected chi connectivity index (χ1v) is 6.52. The quantitative estimate of drug-likeness (QED) is 0.462. The Hall–Kier alpha value is -3.36. The number of primary amides is 1. The summed E-state index contributed by atoms with van der Waals surface area (Å²) in [6, 6.07) is 7.84. The van der Waals surface area contributed by atoms with E-state index >= 15 is 0 Å². The highest BCUT2D eigenvalue weighted by Gasteiger charge is 2.09. The topological polar surface area (TPSA) is 121 Å². The van der Waals surface area contributed by atoms with E-state index in [4.69, 9.17) is 10.5 Å². The fourth-order valence-electron chi connectivity index (χ4n) is 1.67. The van der Waals surface area contributed by atoms with E-state index in [2.05, 4.69) is 20.4 Å². The third-order valence-corrected chi connectivity index (χ3v) is 2.68. The third-order valence-electron chi connectivity index (χ3n) is 2.68. The van der Waals surface area contributed by atoms with Crippen molar-refractivity contribution in [3.05, 3.63) is 47.8 Å². The number of nitrogens with zero attached hydrogens (tertiary/aromatic N) is 3. The Labute approximate surface area is 131 Å². The number of hydrogen-bond acceptors (Lipinski definition) is 6. The van der Waals surface area contributed by atoms with E-state index in [1.807, 2.05) is 0 Å².